The summed E-state index contributed by atoms with van der Waals surface area (Å²) in [7, 11) is -3.55. The topological polar surface area (TPSA) is 82.4 Å². The monoisotopic (exact) mass is 283 g/mol. The van der Waals surface area contributed by atoms with Gasteiger partial charge in [-0.2, -0.15) is 18.0 Å². The number of nitrogens with one attached hydrogen (secondary N) is 1. The minimum absolute atomic E-state index is 0.0771. The largest absolute Gasteiger partial charge is 0.479 e. The molecular weight excluding hydrogens is 266 g/mol. The quantitative estimate of drug-likeness (QED) is 0.823. The van der Waals surface area contributed by atoms with E-state index in [1.165, 1.54) is 4.31 Å². The number of ether oxygens (including phenoxy) is 1. The van der Waals surface area contributed by atoms with Gasteiger partial charge in [-0.3, -0.25) is 4.72 Å². The average Bonchev–Trinajstić information content (AvgIpc) is 2.37. The van der Waals surface area contributed by atoms with Crippen LogP contribution in [0.1, 0.15) is 13.8 Å². The minimum atomic E-state index is -3.55. The van der Waals surface area contributed by atoms with Gasteiger partial charge in [0.15, 0.2) is 6.61 Å². The number of nitrogens with zero attached hydrogens (tertiary/aromatic N) is 2. The second kappa shape index (κ2) is 6.97. The Morgan fingerprint density at radius 2 is 2.05 bits per heavy atom. The van der Waals surface area contributed by atoms with Gasteiger partial charge in [-0.1, -0.05) is 19.9 Å². The van der Waals surface area contributed by atoms with Crippen LogP contribution >= 0.6 is 0 Å². The van der Waals surface area contributed by atoms with Crippen LogP contribution in [0.3, 0.4) is 0 Å². The molecule has 0 amide bonds. The van der Waals surface area contributed by atoms with Crippen LogP contribution in [0, 0.1) is 11.3 Å². The van der Waals surface area contributed by atoms with Crippen molar-refractivity contribution in [2.75, 3.05) is 24.4 Å². The molecule has 0 fully saturated rings. The van der Waals surface area contributed by atoms with E-state index < -0.39 is 10.2 Å². The van der Waals surface area contributed by atoms with Crippen LogP contribution < -0.4 is 9.46 Å². The number of benzene rings is 1. The summed E-state index contributed by atoms with van der Waals surface area (Å²) in [5.74, 6) is 0.446. The third-order valence-electron chi connectivity index (χ3n) is 2.43. The molecular formula is C12H17N3O3S. The van der Waals surface area contributed by atoms with Gasteiger partial charge < -0.3 is 4.74 Å². The van der Waals surface area contributed by atoms with E-state index >= 15 is 0 Å². The maximum absolute atomic E-state index is 12.0. The standard InChI is InChI=1S/C12H17N3O3S/c1-3-15(4-2)19(16,17)14-11-6-5-7-12(10-11)18-9-8-13/h5-7,10,14H,3-4,9H2,1-2H3. The maximum Gasteiger partial charge on any atom is 0.301 e. The summed E-state index contributed by atoms with van der Waals surface area (Å²) in [6, 6.07) is 8.34. The Balaban J connectivity index is 2.85. The molecule has 1 N–H and O–H groups in total. The summed E-state index contributed by atoms with van der Waals surface area (Å²) < 4.78 is 32.9. The number of hydrogen-bond acceptors (Lipinski definition) is 4. The molecule has 0 bridgehead atoms. The highest BCUT2D eigenvalue weighted by Gasteiger charge is 2.18. The van der Waals surface area contributed by atoms with Crippen molar-refractivity contribution in [2.24, 2.45) is 0 Å². The third-order valence-corrected chi connectivity index (χ3v) is 4.12. The van der Waals surface area contributed by atoms with Gasteiger partial charge in [0.05, 0.1) is 5.69 Å². The predicted octanol–water partition coefficient (Wildman–Crippen LogP) is 1.59. The van der Waals surface area contributed by atoms with Crippen molar-refractivity contribution in [3.63, 3.8) is 0 Å². The molecule has 0 aliphatic rings. The number of nitriles is 1. The summed E-state index contributed by atoms with van der Waals surface area (Å²) in [6.45, 7) is 4.27. The molecule has 0 spiro atoms. The van der Waals surface area contributed by atoms with Gasteiger partial charge in [-0.15, -0.1) is 0 Å². The van der Waals surface area contributed by atoms with E-state index in [1.807, 2.05) is 6.07 Å². The molecule has 1 aromatic rings. The second-order valence-electron chi connectivity index (χ2n) is 3.67. The molecule has 104 valence electrons. The zero-order chi connectivity index (χ0) is 14.3. The summed E-state index contributed by atoms with van der Waals surface area (Å²) in [5, 5.41) is 8.43. The first kappa shape index (κ1) is 15.3. The summed E-state index contributed by atoms with van der Waals surface area (Å²) in [6.07, 6.45) is 0. The Morgan fingerprint density at radius 1 is 1.37 bits per heavy atom. The Labute approximate surface area is 113 Å². The Bertz CT molecular complexity index is 548. The maximum atomic E-state index is 12.0. The lowest BCUT2D eigenvalue weighted by molar-refractivity contribution is 0.368. The molecule has 0 aliphatic heterocycles. The molecule has 19 heavy (non-hydrogen) atoms. The van der Waals surface area contributed by atoms with Crippen molar-refractivity contribution >= 4 is 15.9 Å². The molecule has 1 aromatic carbocycles. The van der Waals surface area contributed by atoms with Gasteiger partial charge in [0, 0.05) is 19.2 Å². The molecule has 0 heterocycles. The highest BCUT2D eigenvalue weighted by atomic mass is 32.2. The predicted molar refractivity (Wildman–Crippen MR) is 73.0 cm³/mol. The van der Waals surface area contributed by atoms with Gasteiger partial charge >= 0.3 is 10.2 Å². The lowest BCUT2D eigenvalue weighted by Crippen LogP contribution is -2.35. The van der Waals surface area contributed by atoms with Gasteiger partial charge in [0.2, 0.25) is 0 Å². The first-order valence-electron chi connectivity index (χ1n) is 5.91. The van der Waals surface area contributed by atoms with Crippen LogP contribution in [0.15, 0.2) is 24.3 Å². The van der Waals surface area contributed by atoms with Crippen molar-refractivity contribution in [1.29, 1.82) is 5.26 Å². The Morgan fingerprint density at radius 3 is 2.63 bits per heavy atom. The lowest BCUT2D eigenvalue weighted by Gasteiger charge is -2.19. The van der Waals surface area contributed by atoms with Crippen LogP contribution in [0.25, 0.3) is 0 Å². The number of rotatable bonds is 7. The molecule has 6 nitrogen and oxygen atoms in total. The van der Waals surface area contributed by atoms with Crippen molar-refractivity contribution in [1.82, 2.24) is 4.31 Å². The van der Waals surface area contributed by atoms with Crippen molar-refractivity contribution in [2.45, 2.75) is 13.8 Å². The first-order valence-corrected chi connectivity index (χ1v) is 7.35. The smallest absolute Gasteiger partial charge is 0.301 e. The molecule has 0 aromatic heterocycles. The molecule has 0 atom stereocenters. The summed E-state index contributed by atoms with van der Waals surface area (Å²) in [5.41, 5.74) is 0.405. The SMILES string of the molecule is CCN(CC)S(=O)(=O)Nc1cccc(OCC#N)c1. The fraction of sp³-hybridized carbons (Fsp3) is 0.417. The van der Waals surface area contributed by atoms with E-state index in [9.17, 15) is 8.42 Å². The van der Waals surface area contributed by atoms with Gasteiger partial charge in [-0.25, -0.2) is 0 Å². The number of hydrogen-bond donors (Lipinski definition) is 1. The van der Waals surface area contributed by atoms with Crippen LogP contribution in [-0.4, -0.2) is 32.4 Å². The Hall–Kier alpha value is -1.78. The highest BCUT2D eigenvalue weighted by Crippen LogP contribution is 2.19. The van der Waals surface area contributed by atoms with E-state index in [0.29, 0.717) is 24.5 Å². The zero-order valence-electron chi connectivity index (χ0n) is 11.0. The van der Waals surface area contributed by atoms with Gasteiger partial charge in [0.1, 0.15) is 11.8 Å². The average molecular weight is 283 g/mol. The van der Waals surface area contributed by atoms with Crippen LogP contribution in [0.4, 0.5) is 5.69 Å². The van der Waals surface area contributed by atoms with Gasteiger partial charge in [-0.05, 0) is 12.1 Å². The molecule has 0 aliphatic carbocycles. The van der Waals surface area contributed by atoms with E-state index in [4.69, 9.17) is 10.00 Å². The number of anilines is 1. The lowest BCUT2D eigenvalue weighted by atomic mass is 10.3. The van der Waals surface area contributed by atoms with E-state index in [2.05, 4.69) is 4.72 Å². The molecule has 0 radical (unpaired) electrons. The minimum Gasteiger partial charge on any atom is -0.479 e. The van der Waals surface area contributed by atoms with Crippen LogP contribution in [0.2, 0.25) is 0 Å². The summed E-state index contributed by atoms with van der Waals surface area (Å²) >= 11 is 0. The molecule has 7 heteroatoms. The molecule has 0 saturated heterocycles. The normalized spacial score (nSPS) is 11.1. The van der Waals surface area contributed by atoms with Crippen molar-refractivity contribution in [3.05, 3.63) is 24.3 Å². The van der Waals surface area contributed by atoms with E-state index in [-0.39, 0.29) is 6.61 Å². The van der Waals surface area contributed by atoms with Crippen molar-refractivity contribution < 1.29 is 13.2 Å². The fourth-order valence-corrected chi connectivity index (χ4v) is 2.78. The zero-order valence-corrected chi connectivity index (χ0v) is 11.8. The van der Waals surface area contributed by atoms with Gasteiger partial charge in [0.25, 0.3) is 0 Å². The third kappa shape index (κ3) is 4.43. The van der Waals surface area contributed by atoms with E-state index in [0.717, 1.165) is 0 Å². The second-order valence-corrected chi connectivity index (χ2v) is 5.34. The highest BCUT2D eigenvalue weighted by molar-refractivity contribution is 7.90. The van der Waals surface area contributed by atoms with Crippen molar-refractivity contribution in [3.8, 4) is 11.8 Å². The molecule has 0 unspecified atom stereocenters. The van der Waals surface area contributed by atoms with E-state index in [1.54, 1.807) is 38.1 Å². The molecule has 1 rings (SSSR count). The summed E-state index contributed by atoms with van der Waals surface area (Å²) in [4.78, 5) is 0. The van der Waals surface area contributed by atoms with Crippen LogP contribution in [-0.2, 0) is 10.2 Å². The Kier molecular flexibility index (Phi) is 5.60. The molecule has 0 saturated carbocycles. The van der Waals surface area contributed by atoms with Crippen LogP contribution in [0.5, 0.6) is 5.75 Å². The first-order chi connectivity index (χ1) is 9.03. The fourth-order valence-electron chi connectivity index (χ4n) is 1.54.